The molecule has 1 fully saturated rings. The van der Waals surface area contributed by atoms with Gasteiger partial charge in [-0.1, -0.05) is 59.7 Å². The molecule has 0 unspecified atom stereocenters. The van der Waals surface area contributed by atoms with E-state index >= 15 is 0 Å². The SMILES string of the molecule is C[C@@H](O[Si](C)(C)C(C)(C)C)[C@H]1C(=O)N[C@@H]1CC(=O)c1cccc(CO[Si](C)(C)C(C)(C)C)c1. The van der Waals surface area contributed by atoms with E-state index in [4.69, 9.17) is 8.85 Å². The van der Waals surface area contributed by atoms with Crippen molar-refractivity contribution in [2.24, 2.45) is 5.92 Å². The Hall–Kier alpha value is -1.29. The van der Waals surface area contributed by atoms with Crippen LogP contribution in [0.1, 0.15) is 70.8 Å². The molecule has 0 aliphatic carbocycles. The van der Waals surface area contributed by atoms with E-state index in [9.17, 15) is 9.59 Å². The van der Waals surface area contributed by atoms with Gasteiger partial charge < -0.3 is 14.2 Å². The largest absolute Gasteiger partial charge is 0.413 e. The van der Waals surface area contributed by atoms with Crippen molar-refractivity contribution in [2.45, 2.75) is 110 Å². The molecule has 5 nitrogen and oxygen atoms in total. The first-order valence-electron chi connectivity index (χ1n) is 12.1. The van der Waals surface area contributed by atoms with Crippen LogP contribution in [0.15, 0.2) is 24.3 Å². The zero-order chi connectivity index (χ0) is 25.4. The zero-order valence-corrected chi connectivity index (χ0v) is 24.6. The van der Waals surface area contributed by atoms with Gasteiger partial charge in [-0.05, 0) is 54.8 Å². The summed E-state index contributed by atoms with van der Waals surface area (Å²) in [5, 5.41) is 3.14. The van der Waals surface area contributed by atoms with Crippen LogP contribution < -0.4 is 5.32 Å². The maximum Gasteiger partial charge on any atom is 0.228 e. The summed E-state index contributed by atoms with van der Waals surface area (Å²) in [6.07, 6.45) is 0.0792. The molecule has 1 amide bonds. The van der Waals surface area contributed by atoms with Gasteiger partial charge in [0.2, 0.25) is 5.91 Å². The number of carbonyl (C=O) groups excluding carboxylic acids is 2. The fraction of sp³-hybridized carbons (Fsp3) is 0.692. The van der Waals surface area contributed by atoms with Crippen LogP contribution in [0.25, 0.3) is 0 Å². The van der Waals surface area contributed by atoms with Crippen LogP contribution >= 0.6 is 0 Å². The van der Waals surface area contributed by atoms with Gasteiger partial charge in [-0.3, -0.25) is 9.59 Å². The molecule has 1 aromatic rings. The highest BCUT2D eigenvalue weighted by atomic mass is 28.4. The van der Waals surface area contributed by atoms with E-state index in [2.05, 4.69) is 73.0 Å². The van der Waals surface area contributed by atoms with Gasteiger partial charge in [0.05, 0.1) is 24.7 Å². The van der Waals surface area contributed by atoms with Gasteiger partial charge in [-0.15, -0.1) is 0 Å². The molecule has 0 bridgehead atoms. The standard InChI is InChI=1S/C26H45NO4Si2/c1-18(31-33(10,11)26(5,6)7)23-21(27-24(23)29)16-22(28)20-14-12-13-19(15-20)17-30-32(8,9)25(2,3)4/h12-15,18,21,23H,16-17H2,1-11H3,(H,27,29)/t18-,21-,23-/m1/s1. The van der Waals surface area contributed by atoms with Gasteiger partial charge in [0.25, 0.3) is 0 Å². The summed E-state index contributed by atoms with van der Waals surface area (Å²) in [5.74, 6) is -0.262. The number of β-lactam (4-membered cyclic amide) rings is 1. The summed E-state index contributed by atoms with van der Waals surface area (Å²) >= 11 is 0. The Morgan fingerprint density at radius 2 is 1.61 bits per heavy atom. The zero-order valence-electron chi connectivity index (χ0n) is 22.6. The molecule has 0 spiro atoms. The molecule has 186 valence electrons. The Bertz CT molecular complexity index is 868. The summed E-state index contributed by atoms with van der Waals surface area (Å²) < 4.78 is 12.8. The molecule has 0 saturated carbocycles. The van der Waals surface area contributed by atoms with E-state index in [0.29, 0.717) is 12.2 Å². The molecule has 7 heteroatoms. The van der Waals surface area contributed by atoms with E-state index < -0.39 is 16.6 Å². The number of Topliss-reactive ketones (excluding diaryl/α,β-unsaturated/α-hetero) is 1. The number of benzene rings is 1. The Morgan fingerprint density at radius 3 is 2.12 bits per heavy atom. The van der Waals surface area contributed by atoms with Crippen LogP contribution in [0.4, 0.5) is 0 Å². The third-order valence-electron chi connectivity index (χ3n) is 7.92. The molecular weight excluding hydrogens is 446 g/mol. The van der Waals surface area contributed by atoms with Crippen molar-refractivity contribution < 1.29 is 18.4 Å². The quantitative estimate of drug-likeness (QED) is 0.250. The van der Waals surface area contributed by atoms with E-state index in [1.54, 1.807) is 0 Å². The topological polar surface area (TPSA) is 64.6 Å². The summed E-state index contributed by atoms with van der Waals surface area (Å²) in [7, 11) is -3.86. The second kappa shape index (κ2) is 9.76. The molecular formula is C26H45NO4Si2. The first-order valence-corrected chi connectivity index (χ1v) is 17.9. The molecule has 33 heavy (non-hydrogen) atoms. The first-order chi connectivity index (χ1) is 14.9. The van der Waals surface area contributed by atoms with Crippen LogP contribution in [0, 0.1) is 5.92 Å². The normalized spacial score (nSPS) is 20.8. The number of hydrogen-bond donors (Lipinski definition) is 1. The maximum absolute atomic E-state index is 13.1. The van der Waals surface area contributed by atoms with Gasteiger partial charge in [0.15, 0.2) is 22.4 Å². The van der Waals surface area contributed by atoms with Gasteiger partial charge in [0.1, 0.15) is 0 Å². The summed E-state index contributed by atoms with van der Waals surface area (Å²) in [4.78, 5) is 25.4. The highest BCUT2D eigenvalue weighted by molar-refractivity contribution is 6.74. The van der Waals surface area contributed by atoms with Crippen molar-refractivity contribution in [2.75, 3.05) is 0 Å². The van der Waals surface area contributed by atoms with Crippen molar-refractivity contribution in [3.63, 3.8) is 0 Å². The minimum Gasteiger partial charge on any atom is -0.413 e. The van der Waals surface area contributed by atoms with Crippen molar-refractivity contribution >= 4 is 28.3 Å². The third kappa shape index (κ3) is 6.65. The molecule has 1 aliphatic rings. The maximum atomic E-state index is 13.1. The smallest absolute Gasteiger partial charge is 0.228 e. The lowest BCUT2D eigenvalue weighted by Crippen LogP contribution is -2.64. The van der Waals surface area contributed by atoms with Crippen molar-refractivity contribution in [1.82, 2.24) is 5.32 Å². The number of amides is 1. The summed E-state index contributed by atoms with van der Waals surface area (Å²) in [6.45, 7) is 24.6. The number of nitrogens with one attached hydrogen (secondary N) is 1. The van der Waals surface area contributed by atoms with Crippen LogP contribution in [-0.4, -0.2) is 40.5 Å². The van der Waals surface area contributed by atoms with Gasteiger partial charge in [0, 0.05) is 12.0 Å². The summed E-state index contributed by atoms with van der Waals surface area (Å²) in [6, 6.07) is 7.52. The van der Waals surface area contributed by atoms with Crippen LogP contribution in [0.2, 0.25) is 36.3 Å². The number of carbonyl (C=O) groups is 2. The summed E-state index contributed by atoms with van der Waals surface area (Å²) in [5.41, 5.74) is 1.68. The second-order valence-electron chi connectivity index (χ2n) is 12.6. The van der Waals surface area contributed by atoms with Crippen LogP contribution in [0.5, 0.6) is 0 Å². The van der Waals surface area contributed by atoms with Gasteiger partial charge >= 0.3 is 0 Å². The minimum atomic E-state index is -2.00. The van der Waals surface area contributed by atoms with E-state index in [0.717, 1.165) is 5.56 Å². The predicted octanol–water partition coefficient (Wildman–Crippen LogP) is 6.31. The van der Waals surface area contributed by atoms with Crippen molar-refractivity contribution in [1.29, 1.82) is 0 Å². The molecule has 1 saturated heterocycles. The van der Waals surface area contributed by atoms with Gasteiger partial charge in [-0.2, -0.15) is 0 Å². The van der Waals surface area contributed by atoms with E-state index in [-0.39, 0.29) is 46.3 Å². The van der Waals surface area contributed by atoms with Crippen molar-refractivity contribution in [3.05, 3.63) is 35.4 Å². The highest BCUT2D eigenvalue weighted by Gasteiger charge is 2.48. The Kier molecular flexibility index (Phi) is 8.27. The van der Waals surface area contributed by atoms with Gasteiger partial charge in [-0.25, -0.2) is 0 Å². The lowest BCUT2D eigenvalue weighted by molar-refractivity contribution is -0.139. The molecule has 1 aliphatic heterocycles. The third-order valence-corrected chi connectivity index (χ3v) is 17.0. The fourth-order valence-electron chi connectivity index (χ4n) is 3.52. The molecule has 0 radical (unpaired) electrons. The monoisotopic (exact) mass is 491 g/mol. The molecule has 2 rings (SSSR count). The Balaban J connectivity index is 2.03. The number of ketones is 1. The first kappa shape index (κ1) is 28.0. The molecule has 1 heterocycles. The average molecular weight is 492 g/mol. The number of rotatable bonds is 9. The fourth-order valence-corrected chi connectivity index (χ4v) is 5.91. The molecule has 1 N–H and O–H groups in total. The van der Waals surface area contributed by atoms with E-state index in [1.165, 1.54) is 0 Å². The lowest BCUT2D eigenvalue weighted by atomic mass is 9.82. The van der Waals surface area contributed by atoms with Crippen LogP contribution in [0.3, 0.4) is 0 Å². The van der Waals surface area contributed by atoms with Crippen LogP contribution in [-0.2, 0) is 20.3 Å². The molecule has 3 atom stereocenters. The molecule has 1 aromatic carbocycles. The second-order valence-corrected chi connectivity index (χ2v) is 22.2. The molecule has 0 aromatic heterocycles. The number of hydrogen-bond acceptors (Lipinski definition) is 4. The Labute approximate surface area is 203 Å². The minimum absolute atomic E-state index is 0.0180. The lowest BCUT2D eigenvalue weighted by Gasteiger charge is -2.45. The van der Waals surface area contributed by atoms with E-state index in [1.807, 2.05) is 31.2 Å². The predicted molar refractivity (Wildman–Crippen MR) is 141 cm³/mol. The Morgan fingerprint density at radius 1 is 1.03 bits per heavy atom. The highest BCUT2D eigenvalue weighted by Crippen LogP contribution is 2.39. The van der Waals surface area contributed by atoms with Crippen molar-refractivity contribution in [3.8, 4) is 0 Å². The average Bonchev–Trinajstić information content (AvgIpc) is 2.63.